The van der Waals surface area contributed by atoms with Gasteiger partial charge in [0, 0.05) is 4.47 Å². The Morgan fingerprint density at radius 3 is 2.88 bits per heavy atom. The van der Waals surface area contributed by atoms with Crippen molar-refractivity contribution < 1.29 is 4.74 Å². The highest BCUT2D eigenvalue weighted by Gasteiger charge is 2.30. The number of rotatable bonds is 3. The number of nitrogens with two attached hydrogens (primary N) is 1. The molecule has 16 heavy (non-hydrogen) atoms. The fourth-order valence-electron chi connectivity index (χ4n) is 1.83. The van der Waals surface area contributed by atoms with Crippen molar-refractivity contribution in [1.29, 1.82) is 5.26 Å². The second kappa shape index (κ2) is 4.86. The molecular weight excluding hydrogens is 268 g/mol. The molecule has 0 spiro atoms. The van der Waals surface area contributed by atoms with Crippen LogP contribution < -0.4 is 10.5 Å². The standard InChI is InChI=1S/C12H13BrN2O/c13-10-2-1-9(7-15)12(5-10)16-11-3-8(4-11)6-14/h1-2,5,8,11H,3-4,6,14H2. The minimum absolute atomic E-state index is 0.218. The van der Waals surface area contributed by atoms with E-state index in [-0.39, 0.29) is 6.10 Å². The lowest BCUT2D eigenvalue weighted by Gasteiger charge is -2.34. The van der Waals surface area contributed by atoms with Gasteiger partial charge in [0.1, 0.15) is 11.8 Å². The Kier molecular flexibility index (Phi) is 3.47. The smallest absolute Gasteiger partial charge is 0.138 e. The third-order valence-electron chi connectivity index (χ3n) is 2.88. The largest absolute Gasteiger partial charge is 0.489 e. The molecule has 2 N–H and O–H groups in total. The van der Waals surface area contributed by atoms with Gasteiger partial charge in [-0.2, -0.15) is 5.26 Å². The van der Waals surface area contributed by atoms with Gasteiger partial charge in [-0.15, -0.1) is 0 Å². The third kappa shape index (κ3) is 2.37. The molecule has 0 unspecified atom stereocenters. The molecule has 0 radical (unpaired) electrons. The summed E-state index contributed by atoms with van der Waals surface area (Å²) in [5, 5.41) is 8.95. The first-order valence-corrected chi connectivity index (χ1v) is 6.08. The summed E-state index contributed by atoms with van der Waals surface area (Å²) in [4.78, 5) is 0. The minimum Gasteiger partial charge on any atom is -0.489 e. The number of nitrogens with zero attached hydrogens (tertiary/aromatic N) is 1. The first-order chi connectivity index (χ1) is 7.72. The first-order valence-electron chi connectivity index (χ1n) is 5.29. The molecule has 4 heteroatoms. The Morgan fingerprint density at radius 1 is 1.50 bits per heavy atom. The van der Waals surface area contributed by atoms with Gasteiger partial charge in [0.2, 0.25) is 0 Å². The maximum atomic E-state index is 8.95. The van der Waals surface area contributed by atoms with Crippen LogP contribution in [-0.4, -0.2) is 12.6 Å². The Hall–Kier alpha value is -1.05. The van der Waals surface area contributed by atoms with Gasteiger partial charge in [0.25, 0.3) is 0 Å². The van der Waals surface area contributed by atoms with E-state index in [1.807, 2.05) is 12.1 Å². The van der Waals surface area contributed by atoms with Gasteiger partial charge < -0.3 is 10.5 Å². The number of benzene rings is 1. The number of hydrogen-bond acceptors (Lipinski definition) is 3. The van der Waals surface area contributed by atoms with E-state index in [0.717, 1.165) is 23.9 Å². The summed E-state index contributed by atoms with van der Waals surface area (Å²) in [6, 6.07) is 7.58. The first kappa shape index (κ1) is 11.4. The van der Waals surface area contributed by atoms with Crippen LogP contribution >= 0.6 is 15.9 Å². The van der Waals surface area contributed by atoms with Gasteiger partial charge in [-0.25, -0.2) is 0 Å². The lowest BCUT2D eigenvalue weighted by atomic mass is 9.82. The number of nitriles is 1. The van der Waals surface area contributed by atoms with Crippen molar-refractivity contribution in [2.24, 2.45) is 11.7 Å². The van der Waals surface area contributed by atoms with Crippen molar-refractivity contribution in [2.45, 2.75) is 18.9 Å². The summed E-state index contributed by atoms with van der Waals surface area (Å²) in [5.41, 5.74) is 6.14. The zero-order valence-electron chi connectivity index (χ0n) is 8.82. The normalized spacial score (nSPS) is 23.3. The van der Waals surface area contributed by atoms with Crippen molar-refractivity contribution in [2.75, 3.05) is 6.54 Å². The Balaban J connectivity index is 2.04. The fourth-order valence-corrected chi connectivity index (χ4v) is 2.17. The topological polar surface area (TPSA) is 59.0 Å². The van der Waals surface area contributed by atoms with Gasteiger partial charge in [-0.05, 0) is 43.5 Å². The molecule has 1 saturated carbocycles. The molecule has 0 bridgehead atoms. The number of halogens is 1. The van der Waals surface area contributed by atoms with E-state index in [4.69, 9.17) is 15.7 Å². The van der Waals surface area contributed by atoms with Crippen LogP contribution in [0.4, 0.5) is 0 Å². The van der Waals surface area contributed by atoms with Crippen LogP contribution in [0.2, 0.25) is 0 Å². The predicted octanol–water partition coefficient (Wildman–Crippen LogP) is 2.44. The summed E-state index contributed by atoms with van der Waals surface area (Å²) in [7, 11) is 0. The highest BCUT2D eigenvalue weighted by molar-refractivity contribution is 9.10. The van der Waals surface area contributed by atoms with E-state index in [2.05, 4.69) is 22.0 Å². The van der Waals surface area contributed by atoms with Crippen LogP contribution in [0, 0.1) is 17.2 Å². The van der Waals surface area contributed by atoms with Crippen molar-refractivity contribution >= 4 is 15.9 Å². The maximum Gasteiger partial charge on any atom is 0.138 e. The molecule has 0 aliphatic heterocycles. The van der Waals surface area contributed by atoms with Gasteiger partial charge >= 0.3 is 0 Å². The molecule has 1 aliphatic carbocycles. The Labute approximate surface area is 103 Å². The molecule has 1 fully saturated rings. The summed E-state index contributed by atoms with van der Waals surface area (Å²) >= 11 is 3.37. The van der Waals surface area contributed by atoms with Gasteiger partial charge in [0.05, 0.1) is 11.7 Å². The molecule has 2 rings (SSSR count). The van der Waals surface area contributed by atoms with Gasteiger partial charge in [-0.3, -0.25) is 0 Å². The van der Waals surface area contributed by atoms with Crippen molar-refractivity contribution in [1.82, 2.24) is 0 Å². The number of ether oxygens (including phenoxy) is 1. The lowest BCUT2D eigenvalue weighted by Crippen LogP contribution is -2.37. The van der Waals surface area contributed by atoms with Crippen molar-refractivity contribution in [3.8, 4) is 11.8 Å². The molecule has 0 atom stereocenters. The zero-order valence-corrected chi connectivity index (χ0v) is 10.4. The van der Waals surface area contributed by atoms with E-state index in [0.29, 0.717) is 17.2 Å². The second-order valence-corrected chi connectivity index (χ2v) is 4.98. The summed E-state index contributed by atoms with van der Waals surface area (Å²) in [6.45, 7) is 0.726. The predicted molar refractivity (Wildman–Crippen MR) is 65.1 cm³/mol. The van der Waals surface area contributed by atoms with Crippen LogP contribution in [0.5, 0.6) is 5.75 Å². The molecule has 0 heterocycles. The molecule has 1 aromatic carbocycles. The van der Waals surface area contributed by atoms with E-state index in [1.165, 1.54) is 0 Å². The highest BCUT2D eigenvalue weighted by atomic mass is 79.9. The summed E-state index contributed by atoms with van der Waals surface area (Å²) < 4.78 is 6.70. The second-order valence-electron chi connectivity index (χ2n) is 4.07. The summed E-state index contributed by atoms with van der Waals surface area (Å²) in [5.74, 6) is 1.25. The number of hydrogen-bond donors (Lipinski definition) is 1. The third-order valence-corrected chi connectivity index (χ3v) is 3.38. The summed E-state index contributed by atoms with van der Waals surface area (Å²) in [6.07, 6.45) is 2.21. The molecular formula is C12H13BrN2O. The van der Waals surface area contributed by atoms with Crippen LogP contribution in [0.15, 0.2) is 22.7 Å². The van der Waals surface area contributed by atoms with E-state index >= 15 is 0 Å². The van der Waals surface area contributed by atoms with Crippen LogP contribution in [0.3, 0.4) is 0 Å². The van der Waals surface area contributed by atoms with Crippen molar-refractivity contribution in [3.05, 3.63) is 28.2 Å². The van der Waals surface area contributed by atoms with E-state index < -0.39 is 0 Å². The maximum absolute atomic E-state index is 8.95. The minimum atomic E-state index is 0.218. The monoisotopic (exact) mass is 280 g/mol. The molecule has 0 aromatic heterocycles. The molecule has 0 saturated heterocycles. The lowest BCUT2D eigenvalue weighted by molar-refractivity contribution is 0.0687. The van der Waals surface area contributed by atoms with Gasteiger partial charge in [-0.1, -0.05) is 15.9 Å². The quantitative estimate of drug-likeness (QED) is 0.925. The molecule has 3 nitrogen and oxygen atoms in total. The van der Waals surface area contributed by atoms with Crippen molar-refractivity contribution in [3.63, 3.8) is 0 Å². The molecule has 1 aliphatic rings. The van der Waals surface area contributed by atoms with Crippen LogP contribution in [-0.2, 0) is 0 Å². The Bertz CT molecular complexity index is 422. The van der Waals surface area contributed by atoms with E-state index in [1.54, 1.807) is 6.07 Å². The molecule has 0 amide bonds. The van der Waals surface area contributed by atoms with E-state index in [9.17, 15) is 0 Å². The highest BCUT2D eigenvalue weighted by Crippen LogP contribution is 2.32. The SMILES string of the molecule is N#Cc1ccc(Br)cc1OC1CC(CN)C1. The zero-order chi connectivity index (χ0) is 11.5. The average molecular weight is 281 g/mol. The molecule has 84 valence electrons. The van der Waals surface area contributed by atoms with Crippen LogP contribution in [0.1, 0.15) is 18.4 Å². The Morgan fingerprint density at radius 2 is 2.25 bits per heavy atom. The van der Waals surface area contributed by atoms with Gasteiger partial charge in [0.15, 0.2) is 0 Å². The van der Waals surface area contributed by atoms with Crippen LogP contribution in [0.25, 0.3) is 0 Å². The average Bonchev–Trinajstić information content (AvgIpc) is 2.23. The fraction of sp³-hybridized carbons (Fsp3) is 0.417. The molecule has 1 aromatic rings.